The quantitative estimate of drug-likeness (QED) is 0.625. The van der Waals surface area contributed by atoms with Gasteiger partial charge in [-0.3, -0.25) is 0 Å². The van der Waals surface area contributed by atoms with Gasteiger partial charge in [0.25, 0.3) is 0 Å². The van der Waals surface area contributed by atoms with Gasteiger partial charge >= 0.3 is 0 Å². The maximum atomic E-state index is 5.42. The van der Waals surface area contributed by atoms with E-state index in [4.69, 9.17) is 9.47 Å². The Hall–Kier alpha value is -0.500. The van der Waals surface area contributed by atoms with Gasteiger partial charge in [-0.1, -0.05) is 13.3 Å². The lowest BCUT2D eigenvalue weighted by atomic mass is 10.2. The van der Waals surface area contributed by atoms with Crippen molar-refractivity contribution in [3.8, 4) is 0 Å². The fourth-order valence-electron chi connectivity index (χ4n) is 1.04. The van der Waals surface area contributed by atoms with Crippen LogP contribution in [0.25, 0.3) is 0 Å². The van der Waals surface area contributed by atoms with Crippen LogP contribution in [0.2, 0.25) is 0 Å². The largest absolute Gasteiger partial charge is 0.473 e. The van der Waals surface area contributed by atoms with Gasteiger partial charge in [-0.25, -0.2) is 0 Å². The molecule has 0 aliphatic carbocycles. The highest BCUT2D eigenvalue weighted by molar-refractivity contribution is 4.75. The molecule has 11 heavy (non-hydrogen) atoms. The van der Waals surface area contributed by atoms with E-state index in [1.54, 1.807) is 6.26 Å². The van der Waals surface area contributed by atoms with Crippen molar-refractivity contribution in [1.82, 2.24) is 0 Å². The van der Waals surface area contributed by atoms with E-state index in [1.165, 1.54) is 12.8 Å². The van der Waals surface area contributed by atoms with Gasteiger partial charge in [0, 0.05) is 6.42 Å². The van der Waals surface area contributed by atoms with Crippen LogP contribution in [0.4, 0.5) is 0 Å². The first-order chi connectivity index (χ1) is 5.43. The second kappa shape index (κ2) is 5.19. The van der Waals surface area contributed by atoms with Crippen LogP contribution in [0.5, 0.6) is 0 Å². The summed E-state index contributed by atoms with van der Waals surface area (Å²) in [5, 5.41) is 0. The van der Waals surface area contributed by atoms with Gasteiger partial charge in [-0.05, 0) is 18.9 Å². The predicted molar refractivity (Wildman–Crippen MR) is 44.1 cm³/mol. The Labute approximate surface area is 68.2 Å². The van der Waals surface area contributed by atoms with Crippen LogP contribution in [0, 0.1) is 0 Å². The van der Waals surface area contributed by atoms with Crippen molar-refractivity contribution in [1.29, 1.82) is 0 Å². The summed E-state index contributed by atoms with van der Waals surface area (Å²) in [6, 6.07) is 0. The van der Waals surface area contributed by atoms with E-state index >= 15 is 0 Å². The van der Waals surface area contributed by atoms with Crippen LogP contribution in [-0.4, -0.2) is 12.9 Å². The molecule has 1 aliphatic heterocycles. The third kappa shape index (κ3) is 3.42. The van der Waals surface area contributed by atoms with Crippen LogP contribution in [0.3, 0.4) is 0 Å². The monoisotopic (exact) mass is 156 g/mol. The summed E-state index contributed by atoms with van der Waals surface area (Å²) in [7, 11) is 0. The fourth-order valence-corrected chi connectivity index (χ4v) is 1.04. The maximum Gasteiger partial charge on any atom is 0.198 e. The molecule has 0 fully saturated rings. The van der Waals surface area contributed by atoms with Gasteiger partial charge in [-0.2, -0.15) is 0 Å². The lowest BCUT2D eigenvalue weighted by Crippen LogP contribution is -2.13. The molecule has 0 saturated heterocycles. The Morgan fingerprint density at radius 1 is 1.55 bits per heavy atom. The summed E-state index contributed by atoms with van der Waals surface area (Å²) in [5.74, 6) is 0. The maximum absolute atomic E-state index is 5.42. The molecule has 1 atom stereocenters. The van der Waals surface area contributed by atoms with Crippen molar-refractivity contribution < 1.29 is 9.47 Å². The van der Waals surface area contributed by atoms with Crippen molar-refractivity contribution in [3.05, 3.63) is 12.3 Å². The molecular weight excluding hydrogens is 140 g/mol. The predicted octanol–water partition coefficient (Wildman–Crippen LogP) is 2.45. The zero-order chi connectivity index (χ0) is 7.94. The molecule has 0 aromatic carbocycles. The highest BCUT2D eigenvalue weighted by atomic mass is 16.7. The van der Waals surface area contributed by atoms with Crippen molar-refractivity contribution in [3.63, 3.8) is 0 Å². The molecule has 2 heteroatoms. The van der Waals surface area contributed by atoms with E-state index in [-0.39, 0.29) is 6.29 Å². The van der Waals surface area contributed by atoms with Gasteiger partial charge in [-0.15, -0.1) is 0 Å². The standard InChI is InChI=1S/C9H16O2/c1-2-3-6-9-10-7-4-5-8-11-9/h4,7,9H,2-3,5-6,8H2,1H3/t9-/m1/s1. The Morgan fingerprint density at radius 3 is 3.27 bits per heavy atom. The summed E-state index contributed by atoms with van der Waals surface area (Å²) in [5.41, 5.74) is 0. The van der Waals surface area contributed by atoms with Gasteiger partial charge < -0.3 is 9.47 Å². The van der Waals surface area contributed by atoms with Crippen LogP contribution >= 0.6 is 0 Å². The van der Waals surface area contributed by atoms with Gasteiger partial charge in [0.2, 0.25) is 0 Å². The topological polar surface area (TPSA) is 18.5 Å². The van der Waals surface area contributed by atoms with Crippen LogP contribution in [0.1, 0.15) is 32.6 Å². The lowest BCUT2D eigenvalue weighted by Gasteiger charge is -2.14. The zero-order valence-corrected chi connectivity index (χ0v) is 7.08. The smallest absolute Gasteiger partial charge is 0.198 e. The highest BCUT2D eigenvalue weighted by Crippen LogP contribution is 2.10. The molecule has 2 nitrogen and oxygen atoms in total. The second-order valence-corrected chi connectivity index (χ2v) is 2.74. The summed E-state index contributed by atoms with van der Waals surface area (Å²) >= 11 is 0. The Bertz CT molecular complexity index is 121. The fraction of sp³-hybridized carbons (Fsp3) is 0.778. The van der Waals surface area contributed by atoms with E-state index in [1.807, 2.05) is 6.08 Å². The normalized spacial score (nSPS) is 24.3. The first kappa shape index (κ1) is 8.60. The van der Waals surface area contributed by atoms with Gasteiger partial charge in [0.15, 0.2) is 6.29 Å². The molecule has 0 spiro atoms. The minimum atomic E-state index is 0.00806. The number of ether oxygens (including phenoxy) is 2. The lowest BCUT2D eigenvalue weighted by molar-refractivity contribution is -0.103. The minimum absolute atomic E-state index is 0.00806. The number of unbranched alkanes of at least 4 members (excludes halogenated alkanes) is 1. The summed E-state index contributed by atoms with van der Waals surface area (Å²) in [4.78, 5) is 0. The van der Waals surface area contributed by atoms with Crippen molar-refractivity contribution >= 4 is 0 Å². The first-order valence-electron chi connectivity index (χ1n) is 4.35. The first-order valence-corrected chi connectivity index (χ1v) is 4.35. The SMILES string of the molecule is CCCC[C@@H]1OC=CCCO1. The Balaban J connectivity index is 2.16. The number of rotatable bonds is 3. The summed E-state index contributed by atoms with van der Waals surface area (Å²) in [6.45, 7) is 2.97. The average Bonchev–Trinajstić information content (AvgIpc) is 2.28. The Morgan fingerprint density at radius 2 is 2.45 bits per heavy atom. The molecule has 0 aromatic heterocycles. The van der Waals surface area contributed by atoms with Crippen molar-refractivity contribution in [2.75, 3.05) is 6.61 Å². The Kier molecular flexibility index (Phi) is 4.06. The van der Waals surface area contributed by atoms with Gasteiger partial charge in [0.1, 0.15) is 0 Å². The molecule has 1 heterocycles. The molecular formula is C9H16O2. The van der Waals surface area contributed by atoms with E-state index in [2.05, 4.69) is 6.92 Å². The van der Waals surface area contributed by atoms with Crippen LogP contribution in [-0.2, 0) is 9.47 Å². The molecule has 64 valence electrons. The third-order valence-corrected chi connectivity index (χ3v) is 1.71. The summed E-state index contributed by atoms with van der Waals surface area (Å²) in [6.07, 6.45) is 8.14. The molecule has 0 saturated carbocycles. The third-order valence-electron chi connectivity index (χ3n) is 1.71. The molecule has 1 aliphatic rings. The second-order valence-electron chi connectivity index (χ2n) is 2.74. The van der Waals surface area contributed by atoms with E-state index in [0.29, 0.717) is 0 Å². The van der Waals surface area contributed by atoms with Crippen molar-refractivity contribution in [2.24, 2.45) is 0 Å². The van der Waals surface area contributed by atoms with E-state index < -0.39 is 0 Å². The molecule has 0 bridgehead atoms. The molecule has 0 unspecified atom stereocenters. The molecule has 0 aromatic rings. The number of hydrogen-bond acceptors (Lipinski definition) is 2. The van der Waals surface area contributed by atoms with Gasteiger partial charge in [0.05, 0.1) is 12.9 Å². The zero-order valence-electron chi connectivity index (χ0n) is 7.08. The van der Waals surface area contributed by atoms with Crippen LogP contribution < -0.4 is 0 Å². The number of hydrogen-bond donors (Lipinski definition) is 0. The molecule has 0 radical (unpaired) electrons. The molecule has 1 rings (SSSR count). The summed E-state index contributed by atoms with van der Waals surface area (Å²) < 4.78 is 10.7. The van der Waals surface area contributed by atoms with Crippen LogP contribution in [0.15, 0.2) is 12.3 Å². The van der Waals surface area contributed by atoms with E-state index in [0.717, 1.165) is 19.4 Å². The van der Waals surface area contributed by atoms with E-state index in [9.17, 15) is 0 Å². The average molecular weight is 156 g/mol. The van der Waals surface area contributed by atoms with Crippen molar-refractivity contribution in [2.45, 2.75) is 38.9 Å². The molecule has 0 amide bonds. The molecule has 0 N–H and O–H groups in total. The minimum Gasteiger partial charge on any atom is -0.473 e. The highest BCUT2D eigenvalue weighted by Gasteiger charge is 2.08.